The SMILES string of the molecule is CCN(Cc1cccc(F)c1)C(=O)COC(=O)c1c(C)nc(-c2ccco2)nc1SC. The van der Waals surface area contributed by atoms with E-state index >= 15 is 0 Å². The maximum atomic E-state index is 13.4. The van der Waals surface area contributed by atoms with Gasteiger partial charge in [0.05, 0.1) is 12.0 Å². The molecule has 0 bridgehead atoms. The van der Waals surface area contributed by atoms with Crippen LogP contribution in [0.5, 0.6) is 0 Å². The molecule has 0 N–H and O–H groups in total. The molecule has 0 saturated heterocycles. The molecule has 0 radical (unpaired) electrons. The van der Waals surface area contributed by atoms with Crippen LogP contribution in [0.3, 0.4) is 0 Å². The highest BCUT2D eigenvalue weighted by Gasteiger charge is 2.23. The fraction of sp³-hybridized carbons (Fsp3) is 0.273. The number of amides is 1. The van der Waals surface area contributed by atoms with Crippen molar-refractivity contribution in [3.8, 4) is 11.6 Å². The van der Waals surface area contributed by atoms with Gasteiger partial charge < -0.3 is 14.1 Å². The first-order valence-electron chi connectivity index (χ1n) is 9.58. The normalized spacial score (nSPS) is 10.7. The summed E-state index contributed by atoms with van der Waals surface area (Å²) in [5.41, 5.74) is 1.29. The number of nitrogens with zero attached hydrogens (tertiary/aromatic N) is 3. The number of esters is 1. The lowest BCUT2D eigenvalue weighted by Crippen LogP contribution is -2.34. The smallest absolute Gasteiger partial charge is 0.343 e. The van der Waals surface area contributed by atoms with Crippen LogP contribution in [0.25, 0.3) is 11.6 Å². The highest BCUT2D eigenvalue weighted by atomic mass is 32.2. The number of aromatic nitrogens is 2. The minimum absolute atomic E-state index is 0.212. The molecule has 0 unspecified atom stereocenters. The molecular weight excluding hydrogens is 421 g/mol. The van der Waals surface area contributed by atoms with Crippen molar-refractivity contribution < 1.29 is 23.1 Å². The average Bonchev–Trinajstić information content (AvgIpc) is 3.30. The van der Waals surface area contributed by atoms with Crippen molar-refractivity contribution in [1.29, 1.82) is 0 Å². The van der Waals surface area contributed by atoms with E-state index in [9.17, 15) is 14.0 Å². The predicted molar refractivity (Wildman–Crippen MR) is 114 cm³/mol. The Morgan fingerprint density at radius 3 is 2.68 bits per heavy atom. The zero-order valence-electron chi connectivity index (χ0n) is 17.4. The molecule has 2 aromatic heterocycles. The molecule has 3 aromatic rings. The van der Waals surface area contributed by atoms with Gasteiger partial charge in [-0.2, -0.15) is 0 Å². The molecule has 9 heteroatoms. The number of carbonyl (C=O) groups is 2. The van der Waals surface area contributed by atoms with Gasteiger partial charge >= 0.3 is 5.97 Å². The van der Waals surface area contributed by atoms with Gasteiger partial charge in [-0.05, 0) is 49.9 Å². The topological polar surface area (TPSA) is 85.5 Å². The van der Waals surface area contributed by atoms with Crippen molar-refractivity contribution in [2.24, 2.45) is 0 Å². The largest absolute Gasteiger partial charge is 0.461 e. The van der Waals surface area contributed by atoms with E-state index < -0.39 is 12.6 Å². The summed E-state index contributed by atoms with van der Waals surface area (Å²) in [6.45, 7) is 3.66. The average molecular weight is 444 g/mol. The molecule has 0 saturated carbocycles. The number of likely N-dealkylation sites (N-methyl/N-ethyl adjacent to an activating group) is 1. The third-order valence-electron chi connectivity index (χ3n) is 4.52. The monoisotopic (exact) mass is 443 g/mol. The van der Waals surface area contributed by atoms with Gasteiger partial charge in [0.2, 0.25) is 0 Å². The van der Waals surface area contributed by atoms with Gasteiger partial charge in [0.15, 0.2) is 18.2 Å². The van der Waals surface area contributed by atoms with E-state index in [0.29, 0.717) is 34.4 Å². The first-order chi connectivity index (χ1) is 14.9. The molecule has 2 heterocycles. The third-order valence-corrected chi connectivity index (χ3v) is 5.20. The summed E-state index contributed by atoms with van der Waals surface area (Å²) in [6, 6.07) is 9.48. The van der Waals surface area contributed by atoms with Crippen molar-refractivity contribution in [3.63, 3.8) is 0 Å². The van der Waals surface area contributed by atoms with E-state index in [-0.39, 0.29) is 23.8 Å². The van der Waals surface area contributed by atoms with Gasteiger partial charge in [0, 0.05) is 13.1 Å². The number of hydrogen-bond donors (Lipinski definition) is 0. The summed E-state index contributed by atoms with van der Waals surface area (Å²) in [6.07, 6.45) is 3.30. The van der Waals surface area contributed by atoms with Gasteiger partial charge in [-0.15, -0.1) is 11.8 Å². The van der Waals surface area contributed by atoms with E-state index in [1.165, 1.54) is 35.1 Å². The van der Waals surface area contributed by atoms with Crippen LogP contribution in [-0.4, -0.2) is 46.2 Å². The van der Waals surface area contributed by atoms with E-state index in [2.05, 4.69) is 9.97 Å². The van der Waals surface area contributed by atoms with Crippen LogP contribution in [0.2, 0.25) is 0 Å². The minimum Gasteiger partial charge on any atom is -0.461 e. The van der Waals surface area contributed by atoms with Gasteiger partial charge in [-0.25, -0.2) is 19.2 Å². The molecule has 0 atom stereocenters. The summed E-state index contributed by atoms with van der Waals surface area (Å²) in [4.78, 5) is 35.5. The fourth-order valence-corrected chi connectivity index (χ4v) is 3.58. The molecule has 3 rings (SSSR count). The van der Waals surface area contributed by atoms with Crippen molar-refractivity contribution in [2.45, 2.75) is 25.4 Å². The van der Waals surface area contributed by atoms with Gasteiger partial charge in [-0.1, -0.05) is 12.1 Å². The molecule has 1 amide bonds. The van der Waals surface area contributed by atoms with E-state index in [1.807, 2.05) is 0 Å². The second kappa shape index (κ2) is 10.2. The predicted octanol–water partition coefficient (Wildman–Crippen LogP) is 4.11. The fourth-order valence-electron chi connectivity index (χ4n) is 2.97. The highest BCUT2D eigenvalue weighted by Crippen LogP contribution is 2.25. The molecule has 1 aromatic carbocycles. The van der Waals surface area contributed by atoms with Crippen molar-refractivity contribution in [3.05, 3.63) is 65.3 Å². The summed E-state index contributed by atoms with van der Waals surface area (Å²) in [5.74, 6) is -0.568. The van der Waals surface area contributed by atoms with Gasteiger partial charge in [-0.3, -0.25) is 4.79 Å². The number of hydrogen-bond acceptors (Lipinski definition) is 7. The van der Waals surface area contributed by atoms with Crippen molar-refractivity contribution in [1.82, 2.24) is 14.9 Å². The molecule has 0 aliphatic carbocycles. The number of carbonyl (C=O) groups excluding carboxylic acids is 2. The van der Waals surface area contributed by atoms with Crippen LogP contribution < -0.4 is 0 Å². The van der Waals surface area contributed by atoms with Crippen LogP contribution in [0.15, 0.2) is 52.1 Å². The Balaban J connectivity index is 1.70. The lowest BCUT2D eigenvalue weighted by atomic mass is 10.2. The molecule has 0 spiro atoms. The summed E-state index contributed by atoms with van der Waals surface area (Å²) in [7, 11) is 0. The number of halogens is 1. The van der Waals surface area contributed by atoms with Crippen LogP contribution in [0, 0.1) is 12.7 Å². The first-order valence-corrected chi connectivity index (χ1v) is 10.8. The minimum atomic E-state index is -0.678. The second-order valence-corrected chi connectivity index (χ2v) is 7.40. The maximum absolute atomic E-state index is 13.4. The number of aryl methyl sites for hydroxylation is 1. The Bertz CT molecular complexity index is 1070. The zero-order chi connectivity index (χ0) is 22.4. The number of thioether (sulfide) groups is 1. The van der Waals surface area contributed by atoms with E-state index in [0.717, 1.165) is 0 Å². The second-order valence-electron chi connectivity index (χ2n) is 6.61. The van der Waals surface area contributed by atoms with E-state index in [4.69, 9.17) is 9.15 Å². The number of furan rings is 1. The first kappa shape index (κ1) is 22.5. The molecule has 0 aliphatic heterocycles. The molecular formula is C22H22FN3O4S. The van der Waals surface area contributed by atoms with Crippen molar-refractivity contribution >= 4 is 23.6 Å². The number of rotatable bonds is 8. The summed E-state index contributed by atoms with van der Waals surface area (Å²) in [5, 5.41) is 0.434. The van der Waals surface area contributed by atoms with Crippen molar-refractivity contribution in [2.75, 3.05) is 19.4 Å². The molecule has 31 heavy (non-hydrogen) atoms. The van der Waals surface area contributed by atoms with Gasteiger partial charge in [0.25, 0.3) is 5.91 Å². The Hall–Kier alpha value is -3.20. The Labute approximate surface area is 183 Å². The molecule has 0 aliphatic rings. The Morgan fingerprint density at radius 1 is 1.23 bits per heavy atom. The lowest BCUT2D eigenvalue weighted by Gasteiger charge is -2.21. The van der Waals surface area contributed by atoms with Crippen LogP contribution in [-0.2, 0) is 16.1 Å². The van der Waals surface area contributed by atoms with Gasteiger partial charge in [0.1, 0.15) is 16.4 Å². The standard InChI is InChI=1S/C22H22FN3O4S/c1-4-26(12-15-7-5-8-16(23)11-15)18(27)13-30-22(28)19-14(2)24-20(25-21(19)31-3)17-9-6-10-29-17/h5-11H,4,12-13H2,1-3H3. The van der Waals surface area contributed by atoms with E-state index in [1.54, 1.807) is 44.4 Å². The summed E-state index contributed by atoms with van der Waals surface area (Å²) >= 11 is 1.27. The quantitative estimate of drug-likeness (QED) is 0.294. The molecule has 7 nitrogen and oxygen atoms in total. The molecule has 162 valence electrons. The third kappa shape index (κ3) is 5.49. The zero-order valence-corrected chi connectivity index (χ0v) is 18.2. The molecule has 0 fully saturated rings. The maximum Gasteiger partial charge on any atom is 0.343 e. The number of benzene rings is 1. The Kier molecular flexibility index (Phi) is 7.41. The summed E-state index contributed by atoms with van der Waals surface area (Å²) < 4.78 is 24.0. The van der Waals surface area contributed by atoms with Crippen LogP contribution >= 0.6 is 11.8 Å². The number of ether oxygens (including phenoxy) is 1. The Morgan fingerprint density at radius 2 is 2.03 bits per heavy atom. The lowest BCUT2D eigenvalue weighted by molar-refractivity contribution is -0.135. The van der Waals surface area contributed by atoms with Crippen LogP contribution in [0.1, 0.15) is 28.5 Å². The highest BCUT2D eigenvalue weighted by molar-refractivity contribution is 7.98. The van der Waals surface area contributed by atoms with Crippen LogP contribution in [0.4, 0.5) is 4.39 Å².